The molecule has 1 N–H and O–H groups in total. The van der Waals surface area contributed by atoms with Crippen molar-refractivity contribution in [2.24, 2.45) is 0 Å². The number of hydrogen-bond acceptors (Lipinski definition) is 6. The summed E-state index contributed by atoms with van der Waals surface area (Å²) in [5, 5.41) is 12.1. The van der Waals surface area contributed by atoms with Crippen LogP contribution in [0.2, 0.25) is 4.34 Å². The van der Waals surface area contributed by atoms with Gasteiger partial charge in [0.2, 0.25) is 11.0 Å². The minimum Gasteiger partial charge on any atom is -0.300 e. The van der Waals surface area contributed by atoms with Crippen LogP contribution in [0.1, 0.15) is 16.8 Å². The predicted octanol–water partition coefficient (Wildman–Crippen LogP) is 3.69. The van der Waals surface area contributed by atoms with Crippen molar-refractivity contribution < 1.29 is 4.79 Å². The molecule has 19 heavy (non-hydrogen) atoms. The molecule has 0 fully saturated rings. The molecule has 102 valence electrons. The second kappa shape index (κ2) is 7.23. The van der Waals surface area contributed by atoms with Gasteiger partial charge in [0.15, 0.2) is 0 Å². The van der Waals surface area contributed by atoms with Crippen molar-refractivity contribution in [3.63, 3.8) is 0 Å². The second-order valence-corrected chi connectivity index (χ2v) is 7.45. The Bertz CT molecular complexity index is 555. The second-order valence-electron chi connectivity index (χ2n) is 3.60. The van der Waals surface area contributed by atoms with Gasteiger partial charge in [-0.2, -0.15) is 0 Å². The maximum Gasteiger partial charge on any atom is 0.236 e. The number of carbonyl (C=O) groups excluding carboxylic acids is 1. The Labute approximate surface area is 128 Å². The van der Waals surface area contributed by atoms with Crippen LogP contribution in [0.3, 0.4) is 0 Å². The van der Waals surface area contributed by atoms with Crippen LogP contribution in [0.4, 0.5) is 5.13 Å². The molecule has 0 aromatic carbocycles. The lowest BCUT2D eigenvalue weighted by atomic mass is 10.5. The lowest BCUT2D eigenvalue weighted by molar-refractivity contribution is -0.113. The third kappa shape index (κ3) is 4.76. The van der Waals surface area contributed by atoms with Crippen molar-refractivity contribution in [3.05, 3.63) is 26.4 Å². The monoisotopic (exact) mass is 333 g/mol. The first-order chi connectivity index (χ1) is 9.17. The van der Waals surface area contributed by atoms with Crippen molar-refractivity contribution in [2.45, 2.75) is 19.1 Å². The number of amides is 1. The lowest BCUT2D eigenvalue weighted by Gasteiger charge is -2.00. The van der Waals surface area contributed by atoms with Crippen LogP contribution in [-0.4, -0.2) is 21.9 Å². The van der Waals surface area contributed by atoms with E-state index in [0.29, 0.717) is 10.9 Å². The van der Waals surface area contributed by atoms with Crippen molar-refractivity contribution in [1.29, 1.82) is 0 Å². The minimum absolute atomic E-state index is 0.0496. The van der Waals surface area contributed by atoms with Crippen LogP contribution < -0.4 is 5.32 Å². The molecule has 0 saturated heterocycles. The molecule has 8 heteroatoms. The van der Waals surface area contributed by atoms with E-state index in [1.54, 1.807) is 23.1 Å². The summed E-state index contributed by atoms with van der Waals surface area (Å²) < 4.78 is 0.779. The van der Waals surface area contributed by atoms with Gasteiger partial charge in [-0.15, -0.1) is 33.3 Å². The Hall–Kier alpha value is -0.630. The van der Waals surface area contributed by atoms with Crippen LogP contribution >= 0.6 is 46.0 Å². The van der Waals surface area contributed by atoms with Crippen molar-refractivity contribution in [3.8, 4) is 0 Å². The number of hydrogen-bond donors (Lipinski definition) is 1. The molecule has 0 spiro atoms. The highest BCUT2D eigenvalue weighted by atomic mass is 35.5. The fourth-order valence-corrected chi connectivity index (χ4v) is 4.00. The molecule has 0 radical (unpaired) electrons. The highest BCUT2D eigenvalue weighted by molar-refractivity contribution is 7.99. The summed E-state index contributed by atoms with van der Waals surface area (Å²) in [5.74, 6) is 1.14. The zero-order chi connectivity index (χ0) is 13.7. The molecule has 2 heterocycles. The molecular weight excluding hydrogens is 322 g/mol. The van der Waals surface area contributed by atoms with Gasteiger partial charge in [-0.25, -0.2) is 0 Å². The highest BCUT2D eigenvalue weighted by Gasteiger charge is 2.08. The normalized spacial score (nSPS) is 10.6. The number of carbonyl (C=O) groups is 1. The largest absolute Gasteiger partial charge is 0.300 e. The Morgan fingerprint density at radius 3 is 2.89 bits per heavy atom. The molecule has 0 saturated carbocycles. The summed E-state index contributed by atoms with van der Waals surface area (Å²) in [5.41, 5.74) is 0. The molecule has 2 rings (SSSR count). The number of anilines is 1. The molecule has 0 aliphatic heterocycles. The van der Waals surface area contributed by atoms with Crippen LogP contribution in [0.5, 0.6) is 0 Å². The number of aromatic nitrogens is 2. The number of nitrogens with one attached hydrogen (secondary N) is 1. The first-order valence-electron chi connectivity index (χ1n) is 5.61. The summed E-state index contributed by atoms with van der Waals surface area (Å²) in [4.78, 5) is 12.9. The maximum atomic E-state index is 11.7. The third-order valence-electron chi connectivity index (χ3n) is 2.12. The van der Waals surface area contributed by atoms with Crippen molar-refractivity contribution in [2.75, 3.05) is 11.1 Å². The molecule has 0 atom stereocenters. The fraction of sp³-hybridized carbons (Fsp3) is 0.364. The van der Waals surface area contributed by atoms with Crippen molar-refractivity contribution >= 4 is 57.1 Å². The molecule has 4 nitrogen and oxygen atoms in total. The molecule has 0 unspecified atom stereocenters. The first-order valence-corrected chi connectivity index (χ1v) is 8.78. The maximum absolute atomic E-state index is 11.7. The zero-order valence-electron chi connectivity index (χ0n) is 10.2. The highest BCUT2D eigenvalue weighted by Crippen LogP contribution is 2.25. The summed E-state index contributed by atoms with van der Waals surface area (Å²) in [7, 11) is 0. The molecule has 0 bridgehead atoms. The number of thiophene rings is 1. The van der Waals surface area contributed by atoms with Gasteiger partial charge < -0.3 is 0 Å². The Morgan fingerprint density at radius 1 is 1.42 bits per heavy atom. The fourth-order valence-electron chi connectivity index (χ4n) is 1.28. The summed E-state index contributed by atoms with van der Waals surface area (Å²) in [6, 6.07) is 3.85. The number of thioether (sulfide) groups is 1. The zero-order valence-corrected chi connectivity index (χ0v) is 13.4. The number of aryl methyl sites for hydroxylation is 1. The van der Waals surface area contributed by atoms with E-state index in [1.165, 1.54) is 16.2 Å². The average Bonchev–Trinajstić information content (AvgIpc) is 2.98. The van der Waals surface area contributed by atoms with Gasteiger partial charge in [-0.3, -0.25) is 10.1 Å². The number of nitrogens with zero attached hydrogens (tertiary/aromatic N) is 2. The molecule has 0 aliphatic carbocycles. The molecule has 1 amide bonds. The average molecular weight is 334 g/mol. The van der Waals surface area contributed by atoms with E-state index >= 15 is 0 Å². The SMILES string of the molecule is CCc1nnc(NC(=O)CSCc2ccc(Cl)s2)s1. The quantitative estimate of drug-likeness (QED) is 0.876. The Kier molecular flexibility index (Phi) is 5.62. The molecule has 2 aromatic heterocycles. The summed E-state index contributed by atoms with van der Waals surface area (Å²) in [6.07, 6.45) is 0.835. The van der Waals surface area contributed by atoms with E-state index in [2.05, 4.69) is 15.5 Å². The summed E-state index contributed by atoms with van der Waals surface area (Å²) in [6.45, 7) is 2.01. The number of rotatable bonds is 6. The third-order valence-corrected chi connectivity index (χ3v) is 5.50. The summed E-state index contributed by atoms with van der Waals surface area (Å²) >= 11 is 10.4. The van der Waals surface area contributed by atoms with Crippen LogP contribution in [0.25, 0.3) is 0 Å². The van der Waals surface area contributed by atoms with Crippen molar-refractivity contribution in [1.82, 2.24) is 10.2 Å². The molecular formula is C11H12ClN3OS3. The van der Waals surface area contributed by atoms with E-state index < -0.39 is 0 Å². The molecule has 2 aromatic rings. The van der Waals surface area contributed by atoms with Gasteiger partial charge in [0.05, 0.1) is 10.1 Å². The predicted molar refractivity (Wildman–Crippen MR) is 83.4 cm³/mol. The van der Waals surface area contributed by atoms with Gasteiger partial charge >= 0.3 is 0 Å². The Morgan fingerprint density at radius 2 is 2.26 bits per heavy atom. The number of halogens is 1. The minimum atomic E-state index is -0.0496. The van der Waals surface area contributed by atoms with Gasteiger partial charge in [0, 0.05) is 10.6 Å². The lowest BCUT2D eigenvalue weighted by Crippen LogP contribution is -2.13. The smallest absolute Gasteiger partial charge is 0.236 e. The van der Waals surface area contributed by atoms with Crippen LogP contribution in [0, 0.1) is 0 Å². The van der Waals surface area contributed by atoms with Gasteiger partial charge in [-0.1, -0.05) is 29.9 Å². The Balaban J connectivity index is 1.72. The van der Waals surface area contributed by atoms with E-state index in [-0.39, 0.29) is 5.91 Å². The van der Waals surface area contributed by atoms with E-state index in [1.807, 2.05) is 19.1 Å². The van der Waals surface area contributed by atoms with Gasteiger partial charge in [0.25, 0.3) is 0 Å². The molecule has 0 aliphatic rings. The van der Waals surface area contributed by atoms with E-state index in [9.17, 15) is 4.79 Å². The van der Waals surface area contributed by atoms with Gasteiger partial charge in [0.1, 0.15) is 5.01 Å². The first kappa shape index (κ1) is 14.8. The van der Waals surface area contributed by atoms with Crippen LogP contribution in [0.15, 0.2) is 12.1 Å². The van der Waals surface area contributed by atoms with Gasteiger partial charge in [-0.05, 0) is 18.6 Å². The topological polar surface area (TPSA) is 54.9 Å². The van der Waals surface area contributed by atoms with E-state index in [0.717, 1.165) is 21.5 Å². The standard InChI is InChI=1S/C11H12ClN3OS3/c1-2-10-14-15-11(19-10)13-9(16)6-17-5-7-3-4-8(12)18-7/h3-4H,2,5-6H2,1H3,(H,13,15,16). The van der Waals surface area contributed by atoms with E-state index in [4.69, 9.17) is 11.6 Å². The van der Waals surface area contributed by atoms with Crippen LogP contribution in [-0.2, 0) is 17.0 Å².